The first-order valence-corrected chi connectivity index (χ1v) is 5.74. The van der Waals surface area contributed by atoms with E-state index in [1.54, 1.807) is 0 Å². The molecule has 8 nitrogen and oxygen atoms in total. The molecular formula is C7H11O8P. The number of carbonyl (C=O) groups is 1. The Morgan fingerprint density at radius 3 is 2.31 bits per heavy atom. The number of ketones is 1. The van der Waals surface area contributed by atoms with Gasteiger partial charge in [0.1, 0.15) is 18.3 Å². The second kappa shape index (κ2) is 4.72. The van der Waals surface area contributed by atoms with Crippen molar-refractivity contribution in [2.75, 3.05) is 6.61 Å². The molecule has 5 N–H and O–H groups in total. The minimum absolute atomic E-state index is 0.203. The van der Waals surface area contributed by atoms with Gasteiger partial charge in [-0.1, -0.05) is 0 Å². The molecule has 0 aromatic heterocycles. The summed E-state index contributed by atoms with van der Waals surface area (Å²) in [6, 6.07) is 0. The SMILES string of the molecule is O=C1C=C(COP(=O)(O)O)[C@@H](O)[C@H](O)[C@H]1O. The van der Waals surface area contributed by atoms with Gasteiger partial charge in [0.25, 0.3) is 0 Å². The predicted octanol–water partition coefficient (Wildman–Crippen LogP) is -2.31. The van der Waals surface area contributed by atoms with Crippen molar-refractivity contribution < 1.29 is 39.0 Å². The molecule has 0 aromatic rings. The van der Waals surface area contributed by atoms with E-state index in [2.05, 4.69) is 4.52 Å². The first-order chi connectivity index (χ1) is 7.22. The first kappa shape index (κ1) is 13.5. The van der Waals surface area contributed by atoms with E-state index >= 15 is 0 Å². The van der Waals surface area contributed by atoms with Crippen LogP contribution in [0.5, 0.6) is 0 Å². The summed E-state index contributed by atoms with van der Waals surface area (Å²) in [5, 5.41) is 27.6. The lowest BCUT2D eigenvalue weighted by Gasteiger charge is -2.27. The van der Waals surface area contributed by atoms with E-state index in [1.165, 1.54) is 0 Å². The summed E-state index contributed by atoms with van der Waals surface area (Å²) < 4.78 is 14.4. The largest absolute Gasteiger partial charge is 0.469 e. The van der Waals surface area contributed by atoms with Crippen LogP contribution in [-0.4, -0.2) is 55.8 Å². The quantitative estimate of drug-likeness (QED) is 0.353. The van der Waals surface area contributed by atoms with Crippen LogP contribution in [0, 0.1) is 0 Å². The van der Waals surface area contributed by atoms with E-state index in [0.29, 0.717) is 0 Å². The lowest BCUT2D eigenvalue weighted by atomic mass is 9.91. The van der Waals surface area contributed by atoms with E-state index in [-0.39, 0.29) is 5.57 Å². The van der Waals surface area contributed by atoms with Gasteiger partial charge in [-0.15, -0.1) is 0 Å². The average Bonchev–Trinajstić information content (AvgIpc) is 2.17. The van der Waals surface area contributed by atoms with E-state index in [1.807, 2.05) is 0 Å². The van der Waals surface area contributed by atoms with E-state index < -0.39 is 38.5 Å². The van der Waals surface area contributed by atoms with E-state index in [0.717, 1.165) is 6.08 Å². The van der Waals surface area contributed by atoms with Crippen molar-refractivity contribution in [3.05, 3.63) is 11.6 Å². The molecule has 1 rings (SSSR count). The van der Waals surface area contributed by atoms with Crippen LogP contribution in [0.1, 0.15) is 0 Å². The molecule has 0 amide bonds. The zero-order valence-electron chi connectivity index (χ0n) is 7.92. The Hall–Kier alpha value is -0.600. The fourth-order valence-electron chi connectivity index (χ4n) is 1.20. The predicted molar refractivity (Wildman–Crippen MR) is 49.1 cm³/mol. The molecule has 0 bridgehead atoms. The maximum absolute atomic E-state index is 11.0. The highest BCUT2D eigenvalue weighted by Gasteiger charge is 2.36. The summed E-state index contributed by atoms with van der Waals surface area (Å²) in [6.07, 6.45) is -4.28. The fraction of sp³-hybridized carbons (Fsp3) is 0.571. The third-order valence-electron chi connectivity index (χ3n) is 2.05. The van der Waals surface area contributed by atoms with Crippen LogP contribution >= 0.6 is 7.82 Å². The average molecular weight is 254 g/mol. The monoisotopic (exact) mass is 254 g/mol. The van der Waals surface area contributed by atoms with Crippen molar-refractivity contribution in [3.8, 4) is 0 Å². The molecule has 16 heavy (non-hydrogen) atoms. The Morgan fingerprint density at radius 1 is 1.25 bits per heavy atom. The second-order valence-corrected chi connectivity index (χ2v) is 4.51. The highest BCUT2D eigenvalue weighted by atomic mass is 31.2. The number of hydrogen-bond acceptors (Lipinski definition) is 6. The maximum Gasteiger partial charge on any atom is 0.469 e. The van der Waals surface area contributed by atoms with Gasteiger partial charge in [-0.3, -0.25) is 9.32 Å². The number of aliphatic hydroxyl groups is 3. The van der Waals surface area contributed by atoms with Crippen molar-refractivity contribution in [2.45, 2.75) is 18.3 Å². The Kier molecular flexibility index (Phi) is 3.97. The number of aliphatic hydroxyl groups excluding tert-OH is 3. The summed E-state index contributed by atoms with van der Waals surface area (Å²) >= 11 is 0. The second-order valence-electron chi connectivity index (χ2n) is 3.27. The zero-order chi connectivity index (χ0) is 12.5. The Bertz CT molecular complexity index is 357. The topological polar surface area (TPSA) is 145 Å². The molecule has 0 aromatic carbocycles. The number of phosphoric ester groups is 1. The molecule has 0 heterocycles. The molecule has 3 atom stereocenters. The molecular weight excluding hydrogens is 243 g/mol. The van der Waals surface area contributed by atoms with E-state index in [9.17, 15) is 19.6 Å². The lowest BCUT2D eigenvalue weighted by Crippen LogP contribution is -2.47. The standard InChI is InChI=1S/C7H11O8P/c8-4-1-3(2-15-16(12,13)14)5(9)7(11)6(4)10/h1,5-7,9-11H,2H2,(H2,12,13,14)/t5-,6+,7+/m1/s1. The fourth-order valence-corrected chi connectivity index (χ4v) is 1.52. The third kappa shape index (κ3) is 3.19. The lowest BCUT2D eigenvalue weighted by molar-refractivity contribution is -0.134. The minimum atomic E-state index is -4.72. The van der Waals surface area contributed by atoms with Gasteiger partial charge in [0.05, 0.1) is 6.61 Å². The van der Waals surface area contributed by atoms with Crippen molar-refractivity contribution in [1.29, 1.82) is 0 Å². The normalized spacial score (nSPS) is 31.4. The first-order valence-electron chi connectivity index (χ1n) is 4.21. The van der Waals surface area contributed by atoms with Gasteiger partial charge in [0.15, 0.2) is 5.78 Å². The van der Waals surface area contributed by atoms with Crippen LogP contribution in [0.25, 0.3) is 0 Å². The van der Waals surface area contributed by atoms with Crippen molar-refractivity contribution in [3.63, 3.8) is 0 Å². The van der Waals surface area contributed by atoms with Gasteiger partial charge in [-0.25, -0.2) is 4.57 Å². The Labute approximate surface area is 90.0 Å². The van der Waals surface area contributed by atoms with Crippen molar-refractivity contribution in [2.24, 2.45) is 0 Å². The van der Waals surface area contributed by atoms with Gasteiger partial charge in [-0.05, 0) is 11.6 Å². The van der Waals surface area contributed by atoms with Gasteiger partial charge < -0.3 is 25.1 Å². The molecule has 0 unspecified atom stereocenters. The zero-order valence-corrected chi connectivity index (χ0v) is 8.82. The summed E-state index contributed by atoms with van der Waals surface area (Å²) in [7, 11) is -4.72. The molecule has 0 saturated carbocycles. The van der Waals surface area contributed by atoms with Gasteiger partial charge >= 0.3 is 7.82 Å². The Morgan fingerprint density at radius 2 is 1.81 bits per heavy atom. The molecule has 1 aliphatic rings. The van der Waals surface area contributed by atoms with E-state index in [4.69, 9.17) is 14.9 Å². The summed E-state index contributed by atoms with van der Waals surface area (Å²) in [6.45, 7) is -0.707. The third-order valence-corrected chi connectivity index (χ3v) is 2.51. The van der Waals surface area contributed by atoms with Crippen LogP contribution in [0.4, 0.5) is 0 Å². The van der Waals surface area contributed by atoms with Crippen LogP contribution < -0.4 is 0 Å². The number of phosphoric acid groups is 1. The molecule has 1 aliphatic carbocycles. The molecule has 0 aliphatic heterocycles. The molecule has 92 valence electrons. The highest BCUT2D eigenvalue weighted by molar-refractivity contribution is 7.46. The summed E-state index contributed by atoms with van der Waals surface area (Å²) in [5.74, 6) is -0.859. The molecule has 0 fully saturated rings. The molecule has 0 saturated heterocycles. The van der Waals surface area contributed by atoms with Gasteiger partial charge in [0, 0.05) is 0 Å². The molecule has 9 heteroatoms. The van der Waals surface area contributed by atoms with Gasteiger partial charge in [0.2, 0.25) is 0 Å². The molecule has 0 spiro atoms. The van der Waals surface area contributed by atoms with Crippen molar-refractivity contribution in [1.82, 2.24) is 0 Å². The van der Waals surface area contributed by atoms with Crippen LogP contribution in [0.15, 0.2) is 11.6 Å². The smallest absolute Gasteiger partial charge is 0.387 e. The number of hydrogen-bond donors (Lipinski definition) is 5. The Balaban J connectivity index is 2.77. The minimum Gasteiger partial charge on any atom is -0.387 e. The van der Waals surface area contributed by atoms with Crippen molar-refractivity contribution >= 4 is 13.6 Å². The summed E-state index contributed by atoms with van der Waals surface area (Å²) in [5.41, 5.74) is -0.203. The highest BCUT2D eigenvalue weighted by Crippen LogP contribution is 2.36. The number of rotatable bonds is 3. The summed E-state index contributed by atoms with van der Waals surface area (Å²) in [4.78, 5) is 27.8. The maximum atomic E-state index is 11.0. The van der Waals surface area contributed by atoms with Crippen LogP contribution in [0.2, 0.25) is 0 Å². The van der Waals surface area contributed by atoms with Crippen LogP contribution in [0.3, 0.4) is 0 Å². The number of carbonyl (C=O) groups excluding carboxylic acids is 1. The molecule has 0 radical (unpaired) electrons. The van der Waals surface area contributed by atoms with Crippen LogP contribution in [-0.2, 0) is 13.9 Å². The van der Waals surface area contributed by atoms with Gasteiger partial charge in [-0.2, -0.15) is 0 Å².